The Morgan fingerprint density at radius 1 is 1.35 bits per heavy atom. The van der Waals surface area contributed by atoms with E-state index in [2.05, 4.69) is 15.2 Å². The zero-order chi connectivity index (χ0) is 14.9. The molecule has 0 aliphatic rings. The minimum atomic E-state index is -0.429. The van der Waals surface area contributed by atoms with Crippen LogP contribution in [0, 0.1) is 0 Å². The summed E-state index contributed by atoms with van der Waals surface area (Å²) in [7, 11) is 2.96. The van der Waals surface area contributed by atoms with Gasteiger partial charge in [-0.3, -0.25) is 13.9 Å². The quantitative estimate of drug-likeness (QED) is 0.369. The number of rotatable bonds is 3. The second kappa shape index (κ2) is 4.99. The molecule has 0 aliphatic heterocycles. The van der Waals surface area contributed by atoms with Crippen LogP contribution in [-0.2, 0) is 20.6 Å². The Balaban J connectivity index is 2.53. The van der Waals surface area contributed by atoms with Gasteiger partial charge in [-0.05, 0) is 0 Å². The van der Waals surface area contributed by atoms with Crippen molar-refractivity contribution in [2.75, 3.05) is 0 Å². The van der Waals surface area contributed by atoms with E-state index in [0.717, 1.165) is 4.57 Å². The van der Waals surface area contributed by atoms with E-state index in [1.165, 1.54) is 24.2 Å². The largest absolute Gasteiger partial charge is 0.369 e. The second-order valence-corrected chi connectivity index (χ2v) is 4.10. The maximum Gasteiger partial charge on any atom is 0.332 e. The molecule has 0 aromatic carbocycles. The van der Waals surface area contributed by atoms with Gasteiger partial charge in [-0.1, -0.05) is 0 Å². The number of fused-ring (bicyclic) bond motifs is 1. The number of aromatic nitrogens is 4. The molecule has 0 aliphatic carbocycles. The van der Waals surface area contributed by atoms with E-state index in [-0.39, 0.29) is 12.5 Å². The molecule has 4 N–H and O–H groups in total. The predicted octanol–water partition coefficient (Wildman–Crippen LogP) is -2.31. The number of nitrogens with two attached hydrogens (primary N) is 2. The number of hydrogen-bond donors (Lipinski definition) is 2. The SMILES string of the molecule is Cn1c(=O)c2c(ncn2C/C=N/N=C(N)N)n(C)c1=O. The number of nitrogens with zero attached hydrogens (tertiary/aromatic N) is 6. The molecule has 0 atom stereocenters. The highest BCUT2D eigenvalue weighted by molar-refractivity contribution is 5.76. The molecular weight excluding hydrogens is 264 g/mol. The predicted molar refractivity (Wildman–Crippen MR) is 74.5 cm³/mol. The van der Waals surface area contributed by atoms with Gasteiger partial charge in [-0.25, -0.2) is 9.78 Å². The zero-order valence-electron chi connectivity index (χ0n) is 11.0. The highest BCUT2D eigenvalue weighted by Gasteiger charge is 2.13. The van der Waals surface area contributed by atoms with Gasteiger partial charge in [0, 0.05) is 20.3 Å². The fraction of sp³-hybridized carbons (Fsp3) is 0.300. The van der Waals surface area contributed by atoms with Crippen molar-refractivity contribution in [2.45, 2.75) is 6.54 Å². The van der Waals surface area contributed by atoms with Crippen molar-refractivity contribution in [3.8, 4) is 0 Å². The summed E-state index contributed by atoms with van der Waals surface area (Å²) in [6, 6.07) is 0. The van der Waals surface area contributed by atoms with Gasteiger partial charge in [0.2, 0.25) is 5.96 Å². The Morgan fingerprint density at radius 3 is 2.70 bits per heavy atom. The van der Waals surface area contributed by atoms with Crippen LogP contribution in [0.15, 0.2) is 26.1 Å². The maximum absolute atomic E-state index is 12.1. The molecule has 2 aromatic heterocycles. The number of imidazole rings is 1. The van der Waals surface area contributed by atoms with Gasteiger partial charge in [0.05, 0.1) is 12.9 Å². The maximum atomic E-state index is 12.1. The van der Waals surface area contributed by atoms with Crippen molar-refractivity contribution < 1.29 is 0 Å². The Kier molecular flexibility index (Phi) is 3.37. The molecule has 0 spiro atoms. The molecule has 10 heteroatoms. The molecule has 0 fully saturated rings. The van der Waals surface area contributed by atoms with Crippen molar-refractivity contribution in [3.05, 3.63) is 27.2 Å². The van der Waals surface area contributed by atoms with E-state index in [1.807, 2.05) is 0 Å². The minimum Gasteiger partial charge on any atom is -0.369 e. The molecule has 0 saturated heterocycles. The number of guanidine groups is 1. The fourth-order valence-electron chi connectivity index (χ4n) is 1.77. The van der Waals surface area contributed by atoms with E-state index in [0.29, 0.717) is 11.2 Å². The lowest BCUT2D eigenvalue weighted by molar-refractivity contribution is 0.704. The third-order valence-corrected chi connectivity index (χ3v) is 2.75. The number of aryl methyl sites for hydroxylation is 1. The topological polar surface area (TPSA) is 139 Å². The lowest BCUT2D eigenvalue weighted by Crippen LogP contribution is -2.37. The minimum absolute atomic E-state index is 0.157. The second-order valence-electron chi connectivity index (χ2n) is 4.10. The Bertz CT molecular complexity index is 818. The van der Waals surface area contributed by atoms with Crippen molar-refractivity contribution in [2.24, 2.45) is 35.8 Å². The van der Waals surface area contributed by atoms with E-state index in [4.69, 9.17) is 11.5 Å². The van der Waals surface area contributed by atoms with Crippen LogP contribution in [0.4, 0.5) is 0 Å². The van der Waals surface area contributed by atoms with Crippen LogP contribution in [0.25, 0.3) is 11.2 Å². The van der Waals surface area contributed by atoms with E-state index < -0.39 is 11.2 Å². The first-order valence-corrected chi connectivity index (χ1v) is 5.64. The molecule has 2 heterocycles. The van der Waals surface area contributed by atoms with Gasteiger partial charge in [-0.15, -0.1) is 5.10 Å². The van der Waals surface area contributed by atoms with Gasteiger partial charge in [0.1, 0.15) is 0 Å². The first kappa shape index (κ1) is 13.5. The third-order valence-electron chi connectivity index (χ3n) is 2.75. The van der Waals surface area contributed by atoms with Crippen molar-refractivity contribution in [3.63, 3.8) is 0 Å². The summed E-state index contributed by atoms with van der Waals surface area (Å²) in [4.78, 5) is 27.9. The van der Waals surface area contributed by atoms with Crippen molar-refractivity contribution >= 4 is 23.3 Å². The molecule has 106 valence electrons. The summed E-state index contributed by atoms with van der Waals surface area (Å²) in [5.41, 5.74) is 10.0. The Morgan fingerprint density at radius 2 is 2.05 bits per heavy atom. The summed E-state index contributed by atoms with van der Waals surface area (Å²) in [5, 5.41) is 7.08. The lowest BCUT2D eigenvalue weighted by Gasteiger charge is -2.04. The van der Waals surface area contributed by atoms with Crippen molar-refractivity contribution in [1.29, 1.82) is 0 Å². The molecule has 0 saturated carbocycles. The van der Waals surface area contributed by atoms with Crippen LogP contribution >= 0.6 is 0 Å². The molecule has 0 radical (unpaired) electrons. The van der Waals surface area contributed by atoms with Crippen LogP contribution < -0.4 is 22.7 Å². The van der Waals surface area contributed by atoms with E-state index in [9.17, 15) is 9.59 Å². The fourth-order valence-corrected chi connectivity index (χ4v) is 1.77. The molecule has 0 amide bonds. The van der Waals surface area contributed by atoms with Gasteiger partial charge in [0.15, 0.2) is 11.2 Å². The van der Waals surface area contributed by atoms with Gasteiger partial charge >= 0.3 is 5.69 Å². The first-order chi connectivity index (χ1) is 9.43. The standard InChI is InChI=1S/C10H14N8O2/c1-16-7-6(8(19)17(2)10(16)20)18(5-13-7)4-3-14-15-9(11)12/h3,5H,4H2,1-2H3,(H4,11,12,15)/b14-3+. The van der Waals surface area contributed by atoms with Crippen molar-refractivity contribution in [1.82, 2.24) is 18.7 Å². The van der Waals surface area contributed by atoms with E-state index >= 15 is 0 Å². The van der Waals surface area contributed by atoms with Crippen LogP contribution in [0.3, 0.4) is 0 Å². The summed E-state index contributed by atoms with van der Waals surface area (Å²) in [5.74, 6) is -0.157. The van der Waals surface area contributed by atoms with Crippen LogP contribution in [0.2, 0.25) is 0 Å². The third kappa shape index (κ3) is 2.18. The van der Waals surface area contributed by atoms with Gasteiger partial charge in [-0.2, -0.15) is 5.10 Å². The Labute approximate surface area is 112 Å². The first-order valence-electron chi connectivity index (χ1n) is 5.64. The summed E-state index contributed by atoms with van der Waals surface area (Å²) in [6.07, 6.45) is 2.87. The molecular formula is C10H14N8O2. The normalized spacial score (nSPS) is 11.3. The van der Waals surface area contributed by atoms with E-state index in [1.54, 1.807) is 11.6 Å². The van der Waals surface area contributed by atoms with Crippen LogP contribution in [0.1, 0.15) is 0 Å². The monoisotopic (exact) mass is 278 g/mol. The Hall–Kier alpha value is -2.91. The van der Waals surface area contributed by atoms with Gasteiger partial charge in [0.25, 0.3) is 5.56 Å². The highest BCUT2D eigenvalue weighted by Crippen LogP contribution is 2.04. The summed E-state index contributed by atoms with van der Waals surface area (Å²) >= 11 is 0. The molecule has 0 unspecified atom stereocenters. The molecule has 20 heavy (non-hydrogen) atoms. The molecule has 2 aromatic rings. The van der Waals surface area contributed by atoms with Gasteiger partial charge < -0.3 is 16.0 Å². The van der Waals surface area contributed by atoms with Crippen LogP contribution in [-0.4, -0.2) is 30.9 Å². The lowest BCUT2D eigenvalue weighted by atomic mass is 10.5. The number of hydrogen-bond acceptors (Lipinski definition) is 5. The highest BCUT2D eigenvalue weighted by atomic mass is 16.2. The summed E-state index contributed by atoms with van der Waals surface area (Å²) in [6.45, 7) is 0.251. The zero-order valence-corrected chi connectivity index (χ0v) is 11.0. The molecule has 2 rings (SSSR count). The average molecular weight is 278 g/mol. The van der Waals surface area contributed by atoms with Crippen LogP contribution in [0.5, 0.6) is 0 Å². The average Bonchev–Trinajstić information content (AvgIpc) is 2.82. The molecule has 10 nitrogen and oxygen atoms in total. The molecule has 0 bridgehead atoms. The summed E-state index contributed by atoms with van der Waals surface area (Å²) < 4.78 is 3.89. The smallest absolute Gasteiger partial charge is 0.332 e.